The molecule has 0 spiro atoms. The number of carboxylic acids is 1. The summed E-state index contributed by atoms with van der Waals surface area (Å²) < 4.78 is 0. The summed E-state index contributed by atoms with van der Waals surface area (Å²) >= 11 is 0. The van der Waals surface area contributed by atoms with Gasteiger partial charge >= 0.3 is 0 Å². The normalized spacial score (nSPS) is 23.1. The first-order chi connectivity index (χ1) is 5.56. The van der Waals surface area contributed by atoms with E-state index < -0.39 is 5.97 Å². The summed E-state index contributed by atoms with van der Waals surface area (Å²) in [7, 11) is 2.20. The second-order valence-corrected chi connectivity index (χ2v) is 3.34. The molecule has 12 heavy (non-hydrogen) atoms. The Balaban J connectivity index is 0.000000261. The van der Waals surface area contributed by atoms with Crippen LogP contribution in [0.1, 0.15) is 26.7 Å². The maximum atomic E-state index is 9.00. The quantitative estimate of drug-likeness (QED) is 0.652. The maximum Gasteiger partial charge on any atom is 0.300 e. The molecule has 0 aromatic carbocycles. The molecule has 1 aliphatic rings. The molecule has 0 aliphatic carbocycles. The third-order valence-electron chi connectivity index (χ3n) is 2.07. The molecule has 0 saturated carbocycles. The Morgan fingerprint density at radius 1 is 1.67 bits per heavy atom. The first-order valence-corrected chi connectivity index (χ1v) is 4.44. The minimum atomic E-state index is -0.833. The third kappa shape index (κ3) is 6.16. The van der Waals surface area contributed by atoms with Crippen molar-refractivity contribution in [1.82, 2.24) is 4.90 Å². The lowest BCUT2D eigenvalue weighted by molar-refractivity contribution is -0.134. The average Bonchev–Trinajstić information content (AvgIpc) is 2.34. The van der Waals surface area contributed by atoms with Gasteiger partial charge in [0, 0.05) is 13.5 Å². The number of hydrogen-bond acceptors (Lipinski definition) is 2. The second kappa shape index (κ2) is 6.00. The largest absolute Gasteiger partial charge is 0.481 e. The smallest absolute Gasteiger partial charge is 0.300 e. The Hall–Kier alpha value is -0.570. The molecule has 0 radical (unpaired) electrons. The van der Waals surface area contributed by atoms with E-state index in [0.717, 1.165) is 12.8 Å². The molecule has 0 amide bonds. The molecule has 1 atom stereocenters. The lowest BCUT2D eigenvalue weighted by Gasteiger charge is -2.05. The van der Waals surface area contributed by atoms with Crippen molar-refractivity contribution >= 4 is 5.97 Å². The van der Waals surface area contributed by atoms with Gasteiger partial charge in [-0.3, -0.25) is 4.79 Å². The van der Waals surface area contributed by atoms with Crippen LogP contribution in [0.2, 0.25) is 0 Å². The van der Waals surface area contributed by atoms with Crippen molar-refractivity contribution in [3.63, 3.8) is 0 Å². The molecule has 3 nitrogen and oxygen atoms in total. The van der Waals surface area contributed by atoms with E-state index in [1.54, 1.807) is 0 Å². The molecule has 1 N–H and O–H groups in total. The van der Waals surface area contributed by atoms with E-state index >= 15 is 0 Å². The first-order valence-electron chi connectivity index (χ1n) is 4.44. The van der Waals surface area contributed by atoms with Crippen molar-refractivity contribution < 1.29 is 9.90 Å². The van der Waals surface area contributed by atoms with Gasteiger partial charge in [-0.2, -0.15) is 0 Å². The standard InChI is InChI=1S/C7H15N.C2H4O2/c1-3-7-4-5-8(2)6-7;1-2(3)4/h7H,3-6H2,1-2H3;1H3,(H,3,4). The highest BCUT2D eigenvalue weighted by atomic mass is 16.4. The Morgan fingerprint density at radius 2 is 2.17 bits per heavy atom. The molecule has 3 heteroatoms. The minimum Gasteiger partial charge on any atom is -0.481 e. The van der Waals surface area contributed by atoms with Crippen LogP contribution < -0.4 is 0 Å². The molecule has 0 bridgehead atoms. The van der Waals surface area contributed by atoms with Crippen molar-refractivity contribution in [2.24, 2.45) is 5.92 Å². The predicted molar refractivity (Wildman–Crippen MR) is 49.2 cm³/mol. The van der Waals surface area contributed by atoms with Crippen LogP contribution in [0.3, 0.4) is 0 Å². The van der Waals surface area contributed by atoms with Crippen LogP contribution in [0.15, 0.2) is 0 Å². The van der Waals surface area contributed by atoms with Gasteiger partial charge in [0.2, 0.25) is 0 Å². The number of carboxylic acid groups (broad SMARTS) is 1. The Bertz CT molecular complexity index is 132. The van der Waals surface area contributed by atoms with Crippen LogP contribution in [0.5, 0.6) is 0 Å². The molecule has 1 rings (SSSR count). The monoisotopic (exact) mass is 173 g/mol. The number of likely N-dealkylation sites (tertiary alicyclic amines) is 1. The lowest BCUT2D eigenvalue weighted by Crippen LogP contribution is -2.13. The summed E-state index contributed by atoms with van der Waals surface area (Å²) in [5, 5.41) is 7.42. The van der Waals surface area contributed by atoms with Gasteiger partial charge in [0.25, 0.3) is 5.97 Å². The van der Waals surface area contributed by atoms with Crippen LogP contribution >= 0.6 is 0 Å². The number of hydrogen-bond donors (Lipinski definition) is 1. The summed E-state index contributed by atoms with van der Waals surface area (Å²) in [4.78, 5) is 11.4. The zero-order chi connectivity index (χ0) is 9.56. The number of nitrogens with zero attached hydrogens (tertiary/aromatic N) is 1. The van der Waals surface area contributed by atoms with Crippen molar-refractivity contribution in [2.75, 3.05) is 20.1 Å². The molecule has 72 valence electrons. The van der Waals surface area contributed by atoms with Gasteiger partial charge < -0.3 is 10.0 Å². The van der Waals surface area contributed by atoms with Gasteiger partial charge in [-0.25, -0.2) is 0 Å². The number of aliphatic carboxylic acids is 1. The number of rotatable bonds is 1. The molecule has 1 aliphatic heterocycles. The summed E-state index contributed by atoms with van der Waals surface area (Å²) in [5.74, 6) is 0.167. The van der Waals surface area contributed by atoms with Crippen LogP contribution in [-0.4, -0.2) is 36.1 Å². The van der Waals surface area contributed by atoms with Crippen molar-refractivity contribution in [1.29, 1.82) is 0 Å². The lowest BCUT2D eigenvalue weighted by atomic mass is 10.1. The van der Waals surface area contributed by atoms with Gasteiger partial charge in [0.15, 0.2) is 0 Å². The zero-order valence-corrected chi connectivity index (χ0v) is 8.21. The average molecular weight is 173 g/mol. The predicted octanol–water partition coefficient (Wildman–Crippen LogP) is 1.44. The van der Waals surface area contributed by atoms with E-state index in [1.165, 1.54) is 25.9 Å². The van der Waals surface area contributed by atoms with E-state index in [9.17, 15) is 0 Å². The molecule has 1 heterocycles. The minimum absolute atomic E-state index is 0.833. The van der Waals surface area contributed by atoms with Crippen molar-refractivity contribution in [2.45, 2.75) is 26.7 Å². The molecule has 1 unspecified atom stereocenters. The van der Waals surface area contributed by atoms with Crippen molar-refractivity contribution in [3.05, 3.63) is 0 Å². The van der Waals surface area contributed by atoms with E-state index in [4.69, 9.17) is 9.90 Å². The fourth-order valence-corrected chi connectivity index (χ4v) is 1.36. The fraction of sp³-hybridized carbons (Fsp3) is 0.889. The molecule has 0 aromatic rings. The van der Waals surface area contributed by atoms with Crippen molar-refractivity contribution in [3.8, 4) is 0 Å². The second-order valence-electron chi connectivity index (χ2n) is 3.34. The fourth-order valence-electron chi connectivity index (χ4n) is 1.36. The van der Waals surface area contributed by atoms with E-state index in [2.05, 4.69) is 18.9 Å². The SMILES string of the molecule is CC(=O)O.CCC1CCN(C)C1. The van der Waals surface area contributed by atoms with E-state index in [-0.39, 0.29) is 0 Å². The van der Waals surface area contributed by atoms with Gasteiger partial charge in [-0.1, -0.05) is 13.3 Å². The molecule has 1 fully saturated rings. The number of carbonyl (C=O) groups is 1. The van der Waals surface area contributed by atoms with E-state index in [1.807, 2.05) is 0 Å². The topological polar surface area (TPSA) is 40.5 Å². The van der Waals surface area contributed by atoms with Crippen LogP contribution in [0.25, 0.3) is 0 Å². The summed E-state index contributed by atoms with van der Waals surface area (Å²) in [5.41, 5.74) is 0. The van der Waals surface area contributed by atoms with Crippen LogP contribution in [-0.2, 0) is 4.79 Å². The highest BCUT2D eigenvalue weighted by Gasteiger charge is 2.16. The highest BCUT2D eigenvalue weighted by Crippen LogP contribution is 2.16. The molecular formula is C9H19NO2. The molecule has 0 aromatic heterocycles. The molecular weight excluding hydrogens is 154 g/mol. The Kier molecular flexibility index (Phi) is 5.72. The zero-order valence-electron chi connectivity index (χ0n) is 8.21. The van der Waals surface area contributed by atoms with Gasteiger partial charge in [-0.15, -0.1) is 0 Å². The van der Waals surface area contributed by atoms with Gasteiger partial charge in [0.1, 0.15) is 0 Å². The first kappa shape index (κ1) is 11.4. The highest BCUT2D eigenvalue weighted by molar-refractivity contribution is 5.62. The summed E-state index contributed by atoms with van der Waals surface area (Å²) in [6.07, 6.45) is 2.79. The Morgan fingerprint density at radius 3 is 2.33 bits per heavy atom. The summed E-state index contributed by atoms with van der Waals surface area (Å²) in [6.45, 7) is 6.01. The third-order valence-corrected chi connectivity index (χ3v) is 2.07. The summed E-state index contributed by atoms with van der Waals surface area (Å²) in [6, 6.07) is 0. The maximum absolute atomic E-state index is 9.00. The van der Waals surface area contributed by atoms with Crippen LogP contribution in [0, 0.1) is 5.92 Å². The van der Waals surface area contributed by atoms with Crippen LogP contribution in [0.4, 0.5) is 0 Å². The van der Waals surface area contributed by atoms with Gasteiger partial charge in [0.05, 0.1) is 0 Å². The van der Waals surface area contributed by atoms with E-state index in [0.29, 0.717) is 0 Å². The molecule has 1 saturated heterocycles. The van der Waals surface area contributed by atoms with Gasteiger partial charge in [-0.05, 0) is 25.9 Å². The Labute approximate surface area is 74.4 Å².